The van der Waals surface area contributed by atoms with Crippen LogP contribution in [-0.2, 0) is 6.42 Å². The number of allylic oxidation sites excluding steroid dienone is 1. The number of likely N-dealkylation sites (tertiary alicyclic amines) is 1. The number of aromatic amines is 1. The predicted molar refractivity (Wildman–Crippen MR) is 174 cm³/mol. The predicted octanol–water partition coefficient (Wildman–Crippen LogP) is 6.32. The van der Waals surface area contributed by atoms with Crippen LogP contribution in [0.15, 0.2) is 60.8 Å². The molecule has 7 rings (SSSR count). The molecule has 11 heteroatoms. The second kappa shape index (κ2) is 12.1. The Hall–Kier alpha value is -3.56. The van der Waals surface area contributed by atoms with Gasteiger partial charge >= 0.3 is 0 Å². The molecule has 4 aromatic rings. The molecular formula is C33H31Cl3N6O2. The summed E-state index contributed by atoms with van der Waals surface area (Å²) in [5.74, 6) is -0.0275. The van der Waals surface area contributed by atoms with Gasteiger partial charge in [-0.25, -0.2) is 4.68 Å². The Morgan fingerprint density at radius 3 is 2.32 bits per heavy atom. The fourth-order valence-corrected chi connectivity index (χ4v) is 7.03. The third-order valence-corrected chi connectivity index (χ3v) is 9.60. The van der Waals surface area contributed by atoms with E-state index >= 15 is 0 Å². The first-order chi connectivity index (χ1) is 21.4. The number of amides is 2. The number of rotatable bonds is 5. The molecule has 8 nitrogen and oxygen atoms in total. The molecule has 4 heterocycles. The Balaban J connectivity index is 1.12. The molecule has 2 aliphatic heterocycles. The summed E-state index contributed by atoms with van der Waals surface area (Å²) in [6.07, 6.45) is 6.44. The van der Waals surface area contributed by atoms with Crippen molar-refractivity contribution in [3.05, 3.63) is 104 Å². The van der Waals surface area contributed by atoms with Crippen molar-refractivity contribution in [1.29, 1.82) is 0 Å². The molecule has 2 aromatic heterocycles. The van der Waals surface area contributed by atoms with Crippen molar-refractivity contribution in [2.24, 2.45) is 0 Å². The van der Waals surface area contributed by atoms with Crippen LogP contribution < -0.4 is 0 Å². The molecule has 2 aromatic carbocycles. The van der Waals surface area contributed by atoms with E-state index < -0.39 is 0 Å². The molecule has 226 valence electrons. The highest BCUT2D eigenvalue weighted by Gasteiger charge is 2.40. The van der Waals surface area contributed by atoms with Crippen LogP contribution in [0, 0.1) is 0 Å². The Morgan fingerprint density at radius 1 is 0.864 bits per heavy atom. The highest BCUT2D eigenvalue weighted by atomic mass is 35.5. The zero-order chi connectivity index (χ0) is 30.4. The molecule has 0 saturated carbocycles. The first-order valence-electron chi connectivity index (χ1n) is 14.9. The molecular weight excluding hydrogens is 619 g/mol. The number of aromatic nitrogens is 3. The maximum absolute atomic E-state index is 14.0. The number of benzene rings is 2. The molecule has 0 unspecified atom stereocenters. The summed E-state index contributed by atoms with van der Waals surface area (Å²) in [7, 11) is 0. The molecule has 0 atom stereocenters. The topological polar surface area (TPSA) is 77.5 Å². The van der Waals surface area contributed by atoms with E-state index in [2.05, 4.69) is 16.0 Å². The quantitative estimate of drug-likeness (QED) is 0.275. The summed E-state index contributed by atoms with van der Waals surface area (Å²) in [6, 6.07) is 17.0. The largest absolute Gasteiger partial charge is 0.357 e. The lowest BCUT2D eigenvalue weighted by atomic mass is 9.89. The van der Waals surface area contributed by atoms with Gasteiger partial charge in [-0.1, -0.05) is 46.9 Å². The van der Waals surface area contributed by atoms with Gasteiger partial charge in [0.2, 0.25) is 0 Å². The van der Waals surface area contributed by atoms with Gasteiger partial charge in [-0.15, -0.1) is 0 Å². The zero-order valence-corrected chi connectivity index (χ0v) is 26.2. The van der Waals surface area contributed by atoms with Gasteiger partial charge in [0, 0.05) is 67.1 Å². The normalized spacial score (nSPS) is 18.4. The van der Waals surface area contributed by atoms with Gasteiger partial charge in [0.15, 0.2) is 5.69 Å². The van der Waals surface area contributed by atoms with E-state index in [9.17, 15) is 9.59 Å². The molecule has 1 N–H and O–H groups in total. The lowest BCUT2D eigenvalue weighted by Gasteiger charge is -2.48. The SMILES string of the molecule is O=C(c1ccc[nH]1)N1CCN(C2CN(C(=O)c3nn(-c4ccc(Cl)cc4Cl)c4c3CCC/C4=C\c3ccc(Cl)cc3)C2)CC1. The monoisotopic (exact) mass is 648 g/mol. The number of hydrogen-bond donors (Lipinski definition) is 1. The molecule has 0 spiro atoms. The first kappa shape index (κ1) is 29.2. The fraction of sp³-hybridized carbons (Fsp3) is 0.303. The van der Waals surface area contributed by atoms with Crippen LogP contribution in [-0.4, -0.2) is 86.6 Å². The highest BCUT2D eigenvalue weighted by molar-refractivity contribution is 6.35. The van der Waals surface area contributed by atoms with Gasteiger partial charge in [-0.3, -0.25) is 14.5 Å². The van der Waals surface area contributed by atoms with Gasteiger partial charge < -0.3 is 14.8 Å². The summed E-state index contributed by atoms with van der Waals surface area (Å²) in [5.41, 5.74) is 5.77. The van der Waals surface area contributed by atoms with E-state index in [0.29, 0.717) is 58.3 Å². The summed E-state index contributed by atoms with van der Waals surface area (Å²) < 4.78 is 1.82. The first-order valence-corrected chi connectivity index (χ1v) is 16.0. The third-order valence-electron chi connectivity index (χ3n) is 8.81. The number of fused-ring (bicyclic) bond motifs is 1. The Morgan fingerprint density at radius 2 is 1.61 bits per heavy atom. The lowest BCUT2D eigenvalue weighted by Crippen LogP contribution is -2.64. The third kappa shape index (κ3) is 5.56. The van der Waals surface area contributed by atoms with Crippen molar-refractivity contribution in [3.8, 4) is 5.69 Å². The van der Waals surface area contributed by atoms with E-state index in [4.69, 9.17) is 39.9 Å². The molecule has 3 aliphatic rings. The van der Waals surface area contributed by atoms with E-state index in [1.54, 1.807) is 18.3 Å². The minimum Gasteiger partial charge on any atom is -0.357 e. The molecule has 2 saturated heterocycles. The Bertz CT molecular complexity index is 1730. The number of halogens is 3. The lowest BCUT2D eigenvalue weighted by molar-refractivity contribution is 0.00805. The van der Waals surface area contributed by atoms with Crippen LogP contribution in [0.3, 0.4) is 0 Å². The maximum atomic E-state index is 14.0. The van der Waals surface area contributed by atoms with Crippen LogP contribution in [0.25, 0.3) is 17.3 Å². The van der Waals surface area contributed by atoms with Crippen LogP contribution in [0.5, 0.6) is 0 Å². The van der Waals surface area contributed by atoms with Crippen molar-refractivity contribution < 1.29 is 9.59 Å². The number of carbonyl (C=O) groups is 2. The maximum Gasteiger partial charge on any atom is 0.274 e. The Labute approximate surface area is 270 Å². The molecule has 0 radical (unpaired) electrons. The second-order valence-corrected chi connectivity index (χ2v) is 12.8. The van der Waals surface area contributed by atoms with Crippen LogP contribution in [0.1, 0.15) is 50.6 Å². The highest BCUT2D eigenvalue weighted by Crippen LogP contribution is 2.38. The van der Waals surface area contributed by atoms with Gasteiger partial charge in [0.25, 0.3) is 11.8 Å². The van der Waals surface area contributed by atoms with Crippen LogP contribution in [0.4, 0.5) is 0 Å². The number of hydrogen-bond acceptors (Lipinski definition) is 4. The fourth-order valence-electron chi connectivity index (χ4n) is 6.42. The van der Waals surface area contributed by atoms with Crippen molar-refractivity contribution in [3.63, 3.8) is 0 Å². The van der Waals surface area contributed by atoms with Gasteiger partial charge in [0.1, 0.15) is 5.69 Å². The summed E-state index contributed by atoms with van der Waals surface area (Å²) in [4.78, 5) is 35.8. The van der Waals surface area contributed by atoms with Gasteiger partial charge in [-0.05, 0) is 78.9 Å². The van der Waals surface area contributed by atoms with E-state index in [0.717, 1.165) is 54.7 Å². The van der Waals surface area contributed by atoms with E-state index in [1.807, 2.05) is 56.9 Å². The number of nitrogens with zero attached hydrogens (tertiary/aromatic N) is 5. The summed E-state index contributed by atoms with van der Waals surface area (Å²) in [6.45, 7) is 4.20. The van der Waals surface area contributed by atoms with Gasteiger partial charge in [-0.2, -0.15) is 5.10 Å². The van der Waals surface area contributed by atoms with Crippen LogP contribution in [0.2, 0.25) is 15.1 Å². The molecule has 2 amide bonds. The minimum atomic E-state index is -0.0605. The molecule has 2 fully saturated rings. The molecule has 0 bridgehead atoms. The van der Waals surface area contributed by atoms with Crippen molar-refractivity contribution in [2.45, 2.75) is 25.3 Å². The number of nitrogens with one attached hydrogen (secondary N) is 1. The van der Waals surface area contributed by atoms with E-state index in [-0.39, 0.29) is 17.9 Å². The Kier molecular flexibility index (Phi) is 8.01. The zero-order valence-electron chi connectivity index (χ0n) is 24.0. The summed E-state index contributed by atoms with van der Waals surface area (Å²) >= 11 is 19.0. The summed E-state index contributed by atoms with van der Waals surface area (Å²) in [5, 5.41) is 6.62. The van der Waals surface area contributed by atoms with Crippen LogP contribution >= 0.6 is 34.8 Å². The number of H-pyrrole nitrogens is 1. The standard InChI is InChI=1S/C33H31Cl3N6O2/c34-23-8-6-21(7-9-23)17-22-3-1-4-26-30(38-42(31(22)26)29-11-10-24(35)18-27(29)36)33(44)41-19-25(20-41)39-13-15-40(16-14-39)32(43)28-5-2-12-37-28/h2,5-12,17-18,25,37H,1,3-4,13-16,19-20H2/b22-17+. The average Bonchev–Trinajstić information content (AvgIpc) is 3.67. The van der Waals surface area contributed by atoms with Crippen molar-refractivity contribution >= 4 is 58.3 Å². The van der Waals surface area contributed by atoms with Crippen molar-refractivity contribution in [1.82, 2.24) is 29.5 Å². The van der Waals surface area contributed by atoms with Crippen molar-refractivity contribution in [2.75, 3.05) is 39.3 Å². The molecule has 1 aliphatic carbocycles. The minimum absolute atomic E-state index is 0.0331. The average molecular weight is 650 g/mol. The van der Waals surface area contributed by atoms with E-state index in [1.165, 1.54) is 0 Å². The number of carbonyl (C=O) groups excluding carboxylic acids is 2. The smallest absolute Gasteiger partial charge is 0.274 e. The second-order valence-electron chi connectivity index (χ2n) is 11.5. The van der Waals surface area contributed by atoms with Gasteiger partial charge in [0.05, 0.1) is 16.4 Å². The molecule has 44 heavy (non-hydrogen) atoms. The number of piperazine rings is 1.